The fraction of sp³-hybridized carbons (Fsp3) is 0.231. The predicted molar refractivity (Wildman–Crippen MR) is 78.1 cm³/mol. The zero-order valence-corrected chi connectivity index (χ0v) is 12.9. The van der Waals surface area contributed by atoms with Gasteiger partial charge in [-0.05, 0) is 18.2 Å². The Morgan fingerprint density at radius 3 is 2.61 bits per heavy atom. The number of halogens is 5. The van der Waals surface area contributed by atoms with Gasteiger partial charge in [0.05, 0.1) is 0 Å². The maximum atomic E-state index is 13.9. The molecule has 2 aromatic rings. The van der Waals surface area contributed by atoms with Gasteiger partial charge in [0.2, 0.25) is 5.91 Å². The molecule has 0 aliphatic heterocycles. The smallest absolute Gasteiger partial charge is 0.381 e. The Morgan fingerprint density at radius 1 is 1.39 bits per heavy atom. The monoisotopic (exact) mass is 395 g/mol. The SMILES string of the molecule is NC(=O)[C@@H](O)CNc1cc(C(F)(F)F)nc2c(F)cc(Br)cc12. The largest absolute Gasteiger partial charge is 0.433 e. The number of fused-ring (bicyclic) bond motifs is 1. The molecule has 0 unspecified atom stereocenters. The van der Waals surface area contributed by atoms with Crippen LogP contribution in [-0.4, -0.2) is 28.6 Å². The summed E-state index contributed by atoms with van der Waals surface area (Å²) in [6.07, 6.45) is -6.39. The molecule has 4 N–H and O–H groups in total. The Hall–Kier alpha value is -1.94. The van der Waals surface area contributed by atoms with Crippen molar-refractivity contribution in [3.63, 3.8) is 0 Å². The third-order valence-corrected chi connectivity index (χ3v) is 3.39. The number of pyridine rings is 1. The minimum absolute atomic E-state index is 0.0570. The van der Waals surface area contributed by atoms with Crippen molar-refractivity contribution in [1.29, 1.82) is 0 Å². The minimum Gasteiger partial charge on any atom is -0.381 e. The standard InChI is InChI=1S/C13H10BrF4N3O2/c14-5-1-6-8(20-4-9(22)12(19)23)3-10(13(16,17)18)21-11(6)7(15)2-5/h1-3,9,22H,4H2,(H2,19,23)(H,20,21)/t9-/m0/s1. The zero-order chi connectivity index (χ0) is 17.4. The van der Waals surface area contributed by atoms with Crippen molar-refractivity contribution in [3.8, 4) is 0 Å². The number of aliphatic hydroxyl groups is 1. The molecule has 0 saturated carbocycles. The lowest BCUT2D eigenvalue weighted by Crippen LogP contribution is -2.34. The van der Waals surface area contributed by atoms with Crippen molar-refractivity contribution >= 4 is 38.4 Å². The highest BCUT2D eigenvalue weighted by atomic mass is 79.9. The number of hydrogen-bond acceptors (Lipinski definition) is 4. The molecule has 1 aromatic heterocycles. The Labute approximate surface area is 135 Å². The van der Waals surface area contributed by atoms with E-state index in [4.69, 9.17) is 5.73 Å². The number of carbonyl (C=O) groups is 1. The van der Waals surface area contributed by atoms with Gasteiger partial charge in [0.15, 0.2) is 5.82 Å². The topological polar surface area (TPSA) is 88.2 Å². The molecule has 23 heavy (non-hydrogen) atoms. The highest BCUT2D eigenvalue weighted by molar-refractivity contribution is 9.10. The molecular weight excluding hydrogens is 386 g/mol. The van der Waals surface area contributed by atoms with Crippen LogP contribution in [0.15, 0.2) is 22.7 Å². The summed E-state index contributed by atoms with van der Waals surface area (Å²) in [5.41, 5.74) is 2.94. The van der Waals surface area contributed by atoms with Crippen LogP contribution < -0.4 is 11.1 Å². The molecule has 1 amide bonds. The van der Waals surface area contributed by atoms with E-state index in [0.717, 1.165) is 6.07 Å². The maximum absolute atomic E-state index is 13.9. The van der Waals surface area contributed by atoms with Gasteiger partial charge < -0.3 is 16.2 Å². The van der Waals surface area contributed by atoms with Crippen molar-refractivity contribution in [3.05, 3.63) is 34.2 Å². The Kier molecular flexibility index (Phi) is 4.76. The molecule has 0 aliphatic carbocycles. The van der Waals surface area contributed by atoms with Gasteiger partial charge in [0, 0.05) is 22.1 Å². The molecule has 5 nitrogen and oxygen atoms in total. The van der Waals surface area contributed by atoms with Crippen LogP contribution in [0.4, 0.5) is 23.2 Å². The van der Waals surface area contributed by atoms with E-state index in [0.29, 0.717) is 10.5 Å². The fourth-order valence-corrected chi connectivity index (χ4v) is 2.28. The van der Waals surface area contributed by atoms with Crippen LogP contribution in [0, 0.1) is 5.82 Å². The molecule has 1 heterocycles. The number of nitrogens with two attached hydrogens (primary N) is 1. The van der Waals surface area contributed by atoms with E-state index < -0.39 is 41.8 Å². The van der Waals surface area contributed by atoms with Crippen molar-refractivity contribution in [2.75, 3.05) is 11.9 Å². The van der Waals surface area contributed by atoms with Gasteiger partial charge in [-0.15, -0.1) is 0 Å². The summed E-state index contributed by atoms with van der Waals surface area (Å²) in [6.45, 7) is -0.431. The zero-order valence-electron chi connectivity index (χ0n) is 11.3. The fourth-order valence-electron chi connectivity index (χ4n) is 1.85. The van der Waals surface area contributed by atoms with Gasteiger partial charge >= 0.3 is 6.18 Å². The molecule has 0 aliphatic rings. The minimum atomic E-state index is -4.79. The van der Waals surface area contributed by atoms with E-state index in [1.807, 2.05) is 0 Å². The lowest BCUT2D eigenvalue weighted by molar-refractivity contribution is -0.141. The van der Waals surface area contributed by atoms with Crippen LogP contribution in [0.1, 0.15) is 5.69 Å². The van der Waals surface area contributed by atoms with Gasteiger partial charge in [0.25, 0.3) is 0 Å². The van der Waals surface area contributed by atoms with Gasteiger partial charge in [-0.3, -0.25) is 4.79 Å². The van der Waals surface area contributed by atoms with Gasteiger partial charge in [0.1, 0.15) is 17.3 Å². The average Bonchev–Trinajstić information content (AvgIpc) is 2.43. The molecule has 0 spiro atoms. The third kappa shape index (κ3) is 3.88. The molecule has 1 aromatic carbocycles. The normalized spacial score (nSPS) is 13.1. The number of primary amides is 1. The number of aromatic nitrogens is 1. The Bertz CT molecular complexity index is 767. The summed E-state index contributed by atoms with van der Waals surface area (Å²) < 4.78 is 52.9. The highest BCUT2D eigenvalue weighted by Crippen LogP contribution is 2.35. The highest BCUT2D eigenvalue weighted by Gasteiger charge is 2.34. The average molecular weight is 396 g/mol. The van der Waals surface area contributed by atoms with Crippen LogP contribution in [0.25, 0.3) is 10.9 Å². The van der Waals surface area contributed by atoms with Crippen molar-refractivity contribution in [2.45, 2.75) is 12.3 Å². The van der Waals surface area contributed by atoms with Gasteiger partial charge in [-0.25, -0.2) is 9.37 Å². The summed E-state index contributed by atoms with van der Waals surface area (Å²) in [5.74, 6) is -1.99. The Morgan fingerprint density at radius 2 is 2.04 bits per heavy atom. The molecule has 1 atom stereocenters. The first kappa shape index (κ1) is 17.4. The van der Waals surface area contributed by atoms with Crippen molar-refractivity contribution in [2.24, 2.45) is 5.73 Å². The van der Waals surface area contributed by atoms with Gasteiger partial charge in [-0.1, -0.05) is 15.9 Å². The van der Waals surface area contributed by atoms with E-state index in [-0.39, 0.29) is 11.1 Å². The first-order valence-electron chi connectivity index (χ1n) is 6.18. The number of amides is 1. The van der Waals surface area contributed by atoms with Crippen LogP contribution in [-0.2, 0) is 11.0 Å². The second-order valence-electron chi connectivity index (χ2n) is 4.64. The molecule has 0 fully saturated rings. The number of nitrogens with one attached hydrogen (secondary N) is 1. The number of benzene rings is 1. The second kappa shape index (κ2) is 6.28. The molecule has 2 rings (SSSR count). The molecule has 0 saturated heterocycles. The molecule has 124 valence electrons. The number of rotatable bonds is 4. The number of anilines is 1. The van der Waals surface area contributed by atoms with E-state index in [1.54, 1.807) is 0 Å². The molecule has 0 bridgehead atoms. The van der Waals surface area contributed by atoms with E-state index in [9.17, 15) is 27.5 Å². The van der Waals surface area contributed by atoms with Crippen molar-refractivity contribution in [1.82, 2.24) is 4.98 Å². The lowest BCUT2D eigenvalue weighted by atomic mass is 10.1. The lowest BCUT2D eigenvalue weighted by Gasteiger charge is -2.15. The van der Waals surface area contributed by atoms with Crippen LogP contribution in [0.3, 0.4) is 0 Å². The molecular formula is C13H10BrF4N3O2. The third-order valence-electron chi connectivity index (χ3n) is 2.94. The summed E-state index contributed by atoms with van der Waals surface area (Å²) in [7, 11) is 0. The van der Waals surface area contributed by atoms with E-state index >= 15 is 0 Å². The maximum Gasteiger partial charge on any atom is 0.433 e. The Balaban J connectivity index is 2.57. The molecule has 0 radical (unpaired) electrons. The van der Waals surface area contributed by atoms with Crippen molar-refractivity contribution < 1.29 is 27.5 Å². The van der Waals surface area contributed by atoms with Crippen LogP contribution >= 0.6 is 15.9 Å². The summed E-state index contributed by atoms with van der Waals surface area (Å²) >= 11 is 3.04. The number of hydrogen-bond donors (Lipinski definition) is 3. The number of carbonyl (C=O) groups excluding carboxylic acids is 1. The van der Waals surface area contributed by atoms with E-state index in [2.05, 4.69) is 26.2 Å². The predicted octanol–water partition coefficient (Wildman–Crippen LogP) is 2.41. The first-order valence-corrected chi connectivity index (χ1v) is 6.97. The van der Waals surface area contributed by atoms with Crippen LogP contribution in [0.2, 0.25) is 0 Å². The van der Waals surface area contributed by atoms with Gasteiger partial charge in [-0.2, -0.15) is 13.2 Å². The number of aliphatic hydroxyl groups excluding tert-OH is 1. The summed E-state index contributed by atoms with van der Waals surface area (Å²) in [4.78, 5) is 14.1. The first-order chi connectivity index (χ1) is 10.6. The summed E-state index contributed by atoms with van der Waals surface area (Å²) in [5, 5.41) is 11.9. The second-order valence-corrected chi connectivity index (χ2v) is 5.55. The van der Waals surface area contributed by atoms with Crippen LogP contribution in [0.5, 0.6) is 0 Å². The van der Waals surface area contributed by atoms with E-state index in [1.165, 1.54) is 6.07 Å². The molecule has 10 heteroatoms. The summed E-state index contributed by atoms with van der Waals surface area (Å²) in [6, 6.07) is 3.02. The quantitative estimate of drug-likeness (QED) is 0.693. The number of alkyl halides is 3. The number of nitrogens with zero attached hydrogens (tertiary/aromatic N) is 1.